The van der Waals surface area contributed by atoms with Gasteiger partial charge in [0.25, 0.3) is 0 Å². The van der Waals surface area contributed by atoms with E-state index in [-0.39, 0.29) is 33.6 Å². The van der Waals surface area contributed by atoms with Crippen molar-refractivity contribution in [3.63, 3.8) is 0 Å². The van der Waals surface area contributed by atoms with Crippen LogP contribution < -0.4 is 11.5 Å². The van der Waals surface area contributed by atoms with Gasteiger partial charge in [-0.1, -0.05) is 59.8 Å². The molecule has 0 heterocycles. The Hall–Kier alpha value is 0.439. The third kappa shape index (κ3) is 3.86. The molecule has 0 saturated heterocycles. The molecule has 0 aromatic carbocycles. The van der Waals surface area contributed by atoms with E-state index in [0.29, 0.717) is 0 Å². The van der Waals surface area contributed by atoms with Crippen LogP contribution in [-0.4, -0.2) is 11.1 Å². The molecule has 1 radical (unpaired) electrons. The van der Waals surface area contributed by atoms with Crippen molar-refractivity contribution >= 4 is 0 Å². The van der Waals surface area contributed by atoms with Gasteiger partial charge in [0.2, 0.25) is 0 Å². The summed E-state index contributed by atoms with van der Waals surface area (Å²) in [7, 11) is 0. The minimum absolute atomic E-state index is 0. The fourth-order valence-electron chi connectivity index (χ4n) is 5.20. The van der Waals surface area contributed by atoms with Crippen molar-refractivity contribution in [2.75, 3.05) is 0 Å². The number of hydrogen-bond donors (Lipinski definition) is 2. The molecule has 1 fully saturated rings. The second kappa shape index (κ2) is 8.91. The normalized spacial score (nSPS) is 31.7. The first-order valence-corrected chi connectivity index (χ1v) is 9.03. The summed E-state index contributed by atoms with van der Waals surface area (Å²) < 4.78 is 0. The van der Waals surface area contributed by atoms with Gasteiger partial charge in [-0.05, 0) is 43.9 Å². The van der Waals surface area contributed by atoms with Crippen molar-refractivity contribution in [2.45, 2.75) is 109 Å². The van der Waals surface area contributed by atoms with Crippen molar-refractivity contribution in [3.8, 4) is 0 Å². The first-order valence-electron chi connectivity index (χ1n) is 9.03. The van der Waals surface area contributed by atoms with E-state index < -0.39 is 0 Å². The minimum atomic E-state index is -0.172. The predicted octanol–water partition coefficient (Wildman–Crippen LogP) is 4.75. The summed E-state index contributed by atoms with van der Waals surface area (Å²) in [6, 6.07) is 0. The Labute approximate surface area is 143 Å². The van der Waals surface area contributed by atoms with Gasteiger partial charge in [0.15, 0.2) is 0 Å². The van der Waals surface area contributed by atoms with Crippen LogP contribution in [0.5, 0.6) is 0 Å². The summed E-state index contributed by atoms with van der Waals surface area (Å²) in [4.78, 5) is 0. The number of rotatable bonds is 8. The summed E-state index contributed by atoms with van der Waals surface area (Å²) in [5, 5.41) is 0. The molecule has 2 nitrogen and oxygen atoms in total. The Morgan fingerprint density at radius 1 is 0.714 bits per heavy atom. The van der Waals surface area contributed by atoms with Crippen molar-refractivity contribution in [1.82, 2.24) is 0 Å². The van der Waals surface area contributed by atoms with Gasteiger partial charge in [-0.25, -0.2) is 0 Å². The fourth-order valence-corrected chi connectivity index (χ4v) is 5.20. The molecule has 131 valence electrons. The van der Waals surface area contributed by atoms with E-state index in [1.165, 1.54) is 38.5 Å². The van der Waals surface area contributed by atoms with E-state index in [9.17, 15) is 0 Å². The van der Waals surface area contributed by atoms with Gasteiger partial charge in [0, 0.05) is 28.1 Å². The monoisotopic (exact) mass is 345 g/mol. The molecular formula is C18H38CuN2. The van der Waals surface area contributed by atoms with Crippen LogP contribution >= 0.6 is 0 Å². The van der Waals surface area contributed by atoms with Gasteiger partial charge < -0.3 is 11.5 Å². The maximum atomic E-state index is 7.16. The van der Waals surface area contributed by atoms with E-state index in [2.05, 4.69) is 27.7 Å². The van der Waals surface area contributed by atoms with Crippen LogP contribution in [0.2, 0.25) is 0 Å². The Morgan fingerprint density at radius 3 is 1.62 bits per heavy atom. The predicted molar refractivity (Wildman–Crippen MR) is 89.8 cm³/mol. The second-order valence-electron chi connectivity index (χ2n) is 7.26. The molecule has 1 aliphatic carbocycles. The summed E-state index contributed by atoms with van der Waals surface area (Å²) in [5.41, 5.74) is 14.1. The Morgan fingerprint density at radius 2 is 1.19 bits per heavy atom. The van der Waals surface area contributed by atoms with Crippen LogP contribution in [-0.2, 0) is 17.1 Å². The summed E-state index contributed by atoms with van der Waals surface area (Å²) in [6.45, 7) is 9.11. The molecule has 0 bridgehead atoms. The number of hydrogen-bond acceptors (Lipinski definition) is 2. The van der Waals surface area contributed by atoms with Crippen molar-refractivity contribution in [3.05, 3.63) is 0 Å². The molecule has 2 atom stereocenters. The molecule has 0 aliphatic heterocycles. The number of nitrogens with two attached hydrogens (primary N) is 2. The largest absolute Gasteiger partial charge is 0.324 e. The zero-order valence-electron chi connectivity index (χ0n) is 14.7. The van der Waals surface area contributed by atoms with Gasteiger partial charge in [0.1, 0.15) is 0 Å². The smallest absolute Gasteiger partial charge is 0.0393 e. The van der Waals surface area contributed by atoms with Gasteiger partial charge >= 0.3 is 0 Å². The molecule has 0 amide bonds. The molecule has 1 aliphatic rings. The molecule has 2 unspecified atom stereocenters. The minimum Gasteiger partial charge on any atom is -0.324 e. The first-order chi connectivity index (χ1) is 9.45. The van der Waals surface area contributed by atoms with E-state index in [1.807, 2.05) is 0 Å². The van der Waals surface area contributed by atoms with E-state index in [0.717, 1.165) is 32.1 Å². The maximum Gasteiger partial charge on any atom is 0.0393 e. The Bertz CT molecular complexity index is 279. The first kappa shape index (κ1) is 21.4. The van der Waals surface area contributed by atoms with Crippen LogP contribution in [0.1, 0.15) is 98.3 Å². The molecule has 1 rings (SSSR count). The molecule has 1 saturated carbocycles. The molecule has 0 spiro atoms. The van der Waals surface area contributed by atoms with Crippen molar-refractivity contribution in [2.24, 2.45) is 16.9 Å². The average molecular weight is 346 g/mol. The van der Waals surface area contributed by atoms with E-state index in [4.69, 9.17) is 11.5 Å². The molecule has 4 N–H and O–H groups in total. The quantitative estimate of drug-likeness (QED) is 0.623. The van der Waals surface area contributed by atoms with Gasteiger partial charge in [-0.2, -0.15) is 0 Å². The SMILES string of the molecule is CCCC1(N)CCCC(CCC)(CCC)C1(N)CCC.[Cu]. The topological polar surface area (TPSA) is 52.0 Å². The summed E-state index contributed by atoms with van der Waals surface area (Å²) in [5.74, 6) is 0. The third-order valence-electron chi connectivity index (χ3n) is 5.91. The molecule has 21 heavy (non-hydrogen) atoms. The van der Waals surface area contributed by atoms with Crippen molar-refractivity contribution < 1.29 is 17.1 Å². The van der Waals surface area contributed by atoms with E-state index >= 15 is 0 Å². The average Bonchev–Trinajstić information content (AvgIpc) is 2.38. The van der Waals surface area contributed by atoms with Crippen molar-refractivity contribution in [1.29, 1.82) is 0 Å². The van der Waals surface area contributed by atoms with Crippen LogP contribution in [0.15, 0.2) is 0 Å². The second-order valence-corrected chi connectivity index (χ2v) is 7.26. The maximum absolute atomic E-state index is 7.16. The Balaban J connectivity index is 0.00000400. The Kier molecular flexibility index (Phi) is 9.10. The van der Waals surface area contributed by atoms with Crippen LogP contribution in [0.4, 0.5) is 0 Å². The molecule has 0 aromatic rings. The van der Waals surface area contributed by atoms with Gasteiger partial charge in [-0.15, -0.1) is 0 Å². The molecule has 0 aromatic heterocycles. The van der Waals surface area contributed by atoms with Crippen LogP contribution in [0, 0.1) is 5.41 Å². The third-order valence-corrected chi connectivity index (χ3v) is 5.91. The zero-order chi connectivity index (χ0) is 15.3. The summed E-state index contributed by atoms with van der Waals surface area (Å²) >= 11 is 0. The fraction of sp³-hybridized carbons (Fsp3) is 1.00. The van der Waals surface area contributed by atoms with Crippen LogP contribution in [0.3, 0.4) is 0 Å². The van der Waals surface area contributed by atoms with Gasteiger partial charge in [-0.3, -0.25) is 0 Å². The van der Waals surface area contributed by atoms with E-state index in [1.54, 1.807) is 0 Å². The standard InChI is InChI=1S/C18H38N2.Cu/c1-5-10-16(11-6-2)14-9-15-17(19,12-7-3)18(16,20)13-8-4;/h5-15,19-20H2,1-4H3;. The van der Waals surface area contributed by atoms with Crippen LogP contribution in [0.25, 0.3) is 0 Å². The zero-order valence-corrected chi connectivity index (χ0v) is 15.7. The molecule has 3 heteroatoms. The van der Waals surface area contributed by atoms with Gasteiger partial charge in [0.05, 0.1) is 0 Å². The molecular weight excluding hydrogens is 308 g/mol. The summed E-state index contributed by atoms with van der Waals surface area (Å²) in [6.07, 6.45) is 13.1.